The Labute approximate surface area is 127 Å². The number of rotatable bonds is 6. The summed E-state index contributed by atoms with van der Waals surface area (Å²) in [5, 5.41) is 15.1. The molecule has 0 radical (unpaired) electrons. The molecule has 0 aliphatic carbocycles. The van der Waals surface area contributed by atoms with Crippen LogP contribution in [0.2, 0.25) is 5.02 Å². The van der Waals surface area contributed by atoms with E-state index in [2.05, 4.69) is 16.5 Å². The van der Waals surface area contributed by atoms with E-state index in [0.717, 1.165) is 34.7 Å². The zero-order valence-corrected chi connectivity index (χ0v) is 13.0. The third-order valence-corrected chi connectivity index (χ3v) is 4.13. The normalized spacial score (nSPS) is 12.4. The SMILES string of the molecule is CCCc1nnsc1C(O)Cc1cc(Cl)ccc1OC. The van der Waals surface area contributed by atoms with Gasteiger partial charge in [0, 0.05) is 11.4 Å². The van der Waals surface area contributed by atoms with Crippen molar-refractivity contribution in [3.05, 3.63) is 39.4 Å². The molecule has 4 nitrogen and oxygen atoms in total. The van der Waals surface area contributed by atoms with Crippen molar-refractivity contribution in [3.8, 4) is 5.75 Å². The highest BCUT2D eigenvalue weighted by Crippen LogP contribution is 2.30. The van der Waals surface area contributed by atoms with E-state index in [1.165, 1.54) is 11.5 Å². The lowest BCUT2D eigenvalue weighted by Gasteiger charge is -2.13. The van der Waals surface area contributed by atoms with Crippen LogP contribution >= 0.6 is 23.1 Å². The van der Waals surface area contributed by atoms with Crippen molar-refractivity contribution in [3.63, 3.8) is 0 Å². The minimum Gasteiger partial charge on any atom is -0.496 e. The average molecular weight is 313 g/mol. The summed E-state index contributed by atoms with van der Waals surface area (Å²) in [4.78, 5) is 0.828. The fourth-order valence-corrected chi connectivity index (χ4v) is 2.96. The minimum absolute atomic E-state index is 0.435. The van der Waals surface area contributed by atoms with Crippen molar-refractivity contribution in [2.24, 2.45) is 0 Å². The number of halogens is 1. The average Bonchev–Trinajstić information content (AvgIpc) is 2.88. The standard InChI is InChI=1S/C14H17ClN2O2S/c1-3-4-11-14(20-17-16-11)12(18)8-9-7-10(15)5-6-13(9)19-2/h5-7,12,18H,3-4,8H2,1-2H3. The third kappa shape index (κ3) is 3.48. The van der Waals surface area contributed by atoms with Crippen molar-refractivity contribution in [2.75, 3.05) is 7.11 Å². The zero-order chi connectivity index (χ0) is 14.5. The highest BCUT2D eigenvalue weighted by Gasteiger charge is 2.18. The molecule has 1 aromatic carbocycles. The van der Waals surface area contributed by atoms with Gasteiger partial charge < -0.3 is 9.84 Å². The van der Waals surface area contributed by atoms with Gasteiger partial charge in [0.15, 0.2) is 0 Å². The third-order valence-electron chi connectivity index (χ3n) is 3.03. The molecule has 0 fully saturated rings. The number of hydrogen-bond acceptors (Lipinski definition) is 5. The largest absolute Gasteiger partial charge is 0.496 e. The molecule has 0 aliphatic heterocycles. The molecule has 0 saturated carbocycles. The van der Waals surface area contributed by atoms with E-state index in [-0.39, 0.29) is 0 Å². The molecule has 6 heteroatoms. The number of aliphatic hydroxyl groups excluding tert-OH is 1. The molecule has 1 atom stereocenters. The molecule has 1 unspecified atom stereocenters. The molecular formula is C14H17ClN2O2S. The summed E-state index contributed by atoms with van der Waals surface area (Å²) < 4.78 is 9.24. The minimum atomic E-state index is -0.635. The number of aryl methyl sites for hydroxylation is 1. The van der Waals surface area contributed by atoms with Crippen LogP contribution in [0.3, 0.4) is 0 Å². The van der Waals surface area contributed by atoms with E-state index in [1.54, 1.807) is 13.2 Å². The predicted molar refractivity (Wildman–Crippen MR) is 80.6 cm³/mol. The first kappa shape index (κ1) is 15.2. The van der Waals surface area contributed by atoms with Gasteiger partial charge in [-0.05, 0) is 41.7 Å². The van der Waals surface area contributed by atoms with Gasteiger partial charge in [0.05, 0.1) is 23.8 Å². The maximum absolute atomic E-state index is 10.4. The second-order valence-electron chi connectivity index (χ2n) is 4.51. The monoisotopic (exact) mass is 312 g/mol. The van der Waals surface area contributed by atoms with Crippen molar-refractivity contribution < 1.29 is 9.84 Å². The smallest absolute Gasteiger partial charge is 0.122 e. The lowest BCUT2D eigenvalue weighted by molar-refractivity contribution is 0.179. The van der Waals surface area contributed by atoms with E-state index < -0.39 is 6.10 Å². The fourth-order valence-electron chi connectivity index (χ4n) is 2.09. The Hall–Kier alpha value is -1.17. The van der Waals surface area contributed by atoms with Crippen molar-refractivity contribution >= 4 is 23.1 Å². The quantitative estimate of drug-likeness (QED) is 0.888. The first-order valence-electron chi connectivity index (χ1n) is 6.47. The van der Waals surface area contributed by atoms with Crippen LogP contribution in [0.25, 0.3) is 0 Å². The number of ether oxygens (including phenoxy) is 1. The van der Waals surface area contributed by atoms with Crippen LogP contribution < -0.4 is 4.74 Å². The molecule has 0 bridgehead atoms. The van der Waals surface area contributed by atoms with Gasteiger partial charge in [0.2, 0.25) is 0 Å². The highest BCUT2D eigenvalue weighted by molar-refractivity contribution is 7.05. The summed E-state index contributed by atoms with van der Waals surface area (Å²) in [6.45, 7) is 2.08. The van der Waals surface area contributed by atoms with Gasteiger partial charge in [0.25, 0.3) is 0 Å². The molecule has 1 heterocycles. The van der Waals surface area contributed by atoms with Gasteiger partial charge in [0.1, 0.15) is 5.75 Å². The van der Waals surface area contributed by atoms with Crippen molar-refractivity contribution in [2.45, 2.75) is 32.3 Å². The summed E-state index contributed by atoms with van der Waals surface area (Å²) in [5.41, 5.74) is 1.76. The molecule has 0 spiro atoms. The molecule has 1 aromatic heterocycles. The Morgan fingerprint density at radius 1 is 1.45 bits per heavy atom. The number of aliphatic hydroxyl groups is 1. The van der Waals surface area contributed by atoms with Crippen LogP contribution in [0.4, 0.5) is 0 Å². The summed E-state index contributed by atoms with van der Waals surface area (Å²) >= 11 is 7.25. The maximum Gasteiger partial charge on any atom is 0.122 e. The van der Waals surface area contributed by atoms with Gasteiger partial charge >= 0.3 is 0 Å². The van der Waals surface area contributed by atoms with Gasteiger partial charge in [-0.1, -0.05) is 29.4 Å². The van der Waals surface area contributed by atoms with E-state index in [0.29, 0.717) is 11.4 Å². The van der Waals surface area contributed by atoms with Crippen LogP contribution in [0.5, 0.6) is 5.75 Å². The Kier molecular flexibility index (Phi) is 5.34. The molecule has 20 heavy (non-hydrogen) atoms. The Morgan fingerprint density at radius 3 is 2.95 bits per heavy atom. The highest BCUT2D eigenvalue weighted by atomic mass is 35.5. The van der Waals surface area contributed by atoms with E-state index >= 15 is 0 Å². The fraction of sp³-hybridized carbons (Fsp3) is 0.429. The number of hydrogen-bond donors (Lipinski definition) is 1. The molecule has 2 rings (SSSR count). The summed E-state index contributed by atoms with van der Waals surface area (Å²) in [5.74, 6) is 0.725. The van der Waals surface area contributed by atoms with Crippen LogP contribution in [-0.2, 0) is 12.8 Å². The van der Waals surface area contributed by atoms with Crippen LogP contribution in [0.1, 0.15) is 35.6 Å². The second kappa shape index (κ2) is 7.02. The molecular weight excluding hydrogens is 296 g/mol. The van der Waals surface area contributed by atoms with E-state index in [1.807, 2.05) is 12.1 Å². The van der Waals surface area contributed by atoms with Crippen LogP contribution in [0.15, 0.2) is 18.2 Å². The number of nitrogens with zero attached hydrogens (tertiary/aromatic N) is 2. The molecule has 1 N–H and O–H groups in total. The van der Waals surface area contributed by atoms with Crippen LogP contribution in [-0.4, -0.2) is 21.8 Å². The van der Waals surface area contributed by atoms with Gasteiger partial charge in [-0.15, -0.1) is 5.10 Å². The zero-order valence-electron chi connectivity index (χ0n) is 11.5. The topological polar surface area (TPSA) is 55.2 Å². The van der Waals surface area contributed by atoms with Crippen molar-refractivity contribution in [1.82, 2.24) is 9.59 Å². The van der Waals surface area contributed by atoms with Gasteiger partial charge in [-0.3, -0.25) is 0 Å². The maximum atomic E-state index is 10.4. The molecule has 0 amide bonds. The first-order valence-corrected chi connectivity index (χ1v) is 7.62. The Balaban J connectivity index is 2.20. The second-order valence-corrected chi connectivity index (χ2v) is 5.73. The number of benzene rings is 1. The molecule has 0 saturated heterocycles. The van der Waals surface area contributed by atoms with Crippen LogP contribution in [0, 0.1) is 0 Å². The van der Waals surface area contributed by atoms with Gasteiger partial charge in [-0.25, -0.2) is 0 Å². The van der Waals surface area contributed by atoms with E-state index in [4.69, 9.17) is 16.3 Å². The number of aromatic nitrogens is 2. The molecule has 108 valence electrons. The van der Waals surface area contributed by atoms with Crippen molar-refractivity contribution in [1.29, 1.82) is 0 Å². The van der Waals surface area contributed by atoms with Gasteiger partial charge in [-0.2, -0.15) is 0 Å². The Morgan fingerprint density at radius 2 is 2.25 bits per heavy atom. The molecule has 0 aliphatic rings. The number of methoxy groups -OCH3 is 1. The summed E-state index contributed by atoms with van der Waals surface area (Å²) in [7, 11) is 1.61. The first-order chi connectivity index (χ1) is 9.65. The Bertz CT molecular complexity index is 574. The lowest BCUT2D eigenvalue weighted by atomic mass is 10.0. The lowest BCUT2D eigenvalue weighted by Crippen LogP contribution is -2.04. The summed E-state index contributed by atoms with van der Waals surface area (Å²) in [6, 6.07) is 5.40. The predicted octanol–water partition coefficient (Wildman–Crippen LogP) is 3.43. The molecule has 2 aromatic rings. The van der Waals surface area contributed by atoms with E-state index in [9.17, 15) is 5.11 Å². The summed E-state index contributed by atoms with van der Waals surface area (Å²) in [6.07, 6.45) is 1.61.